The minimum Gasteiger partial charge on any atom is -0.381 e. The van der Waals surface area contributed by atoms with Gasteiger partial charge in [-0.3, -0.25) is 4.79 Å². The normalized spacial score (nSPS) is 17.5. The Labute approximate surface area is 66.9 Å². The maximum atomic E-state index is 11.1. The fraction of sp³-hybridized carbons (Fsp3) is 0.625. The molecule has 0 aromatic rings. The van der Waals surface area contributed by atoms with E-state index in [0.717, 1.165) is 24.2 Å². The van der Waals surface area contributed by atoms with Gasteiger partial charge in [-0.15, -0.1) is 0 Å². The van der Waals surface area contributed by atoms with Crippen LogP contribution in [0.15, 0.2) is 11.3 Å². The summed E-state index contributed by atoms with van der Waals surface area (Å²) in [5.41, 5.74) is 2.00. The molecule has 0 saturated carbocycles. The summed E-state index contributed by atoms with van der Waals surface area (Å²) >= 11 is 0. The number of carbonyl (C=O) groups is 1. The molecule has 0 aromatic carbocycles. The van der Waals surface area contributed by atoms with Crippen molar-refractivity contribution in [1.82, 2.24) is 10.6 Å². The van der Waals surface area contributed by atoms with Gasteiger partial charge in [-0.25, -0.2) is 0 Å². The molecule has 3 heteroatoms. The smallest absolute Gasteiger partial charge is 0.179 e. The second kappa shape index (κ2) is 3.53. The molecule has 1 aliphatic rings. The van der Waals surface area contributed by atoms with E-state index in [1.54, 1.807) is 0 Å². The summed E-state index contributed by atoms with van der Waals surface area (Å²) in [6.07, 6.45) is 0.841. The fourth-order valence-corrected chi connectivity index (χ4v) is 1.21. The maximum absolute atomic E-state index is 11.1. The first-order valence-electron chi connectivity index (χ1n) is 3.87. The van der Waals surface area contributed by atoms with E-state index in [9.17, 15) is 4.79 Å². The Morgan fingerprint density at radius 3 is 2.82 bits per heavy atom. The van der Waals surface area contributed by atoms with Crippen LogP contribution >= 0.6 is 0 Å². The van der Waals surface area contributed by atoms with Crippen LogP contribution in [0.4, 0.5) is 0 Å². The van der Waals surface area contributed by atoms with Crippen LogP contribution in [-0.2, 0) is 4.79 Å². The van der Waals surface area contributed by atoms with Gasteiger partial charge in [-0.1, -0.05) is 0 Å². The Morgan fingerprint density at radius 2 is 2.36 bits per heavy atom. The molecule has 0 spiro atoms. The summed E-state index contributed by atoms with van der Waals surface area (Å²) in [7, 11) is 1.89. The highest BCUT2D eigenvalue weighted by molar-refractivity contribution is 5.99. The number of hydrogen-bond donors (Lipinski definition) is 2. The Kier molecular flexibility index (Phi) is 2.65. The van der Waals surface area contributed by atoms with Crippen molar-refractivity contribution in [2.45, 2.75) is 13.3 Å². The lowest BCUT2D eigenvalue weighted by Crippen LogP contribution is -2.12. The van der Waals surface area contributed by atoms with Gasteiger partial charge in [0.1, 0.15) is 0 Å². The third-order valence-electron chi connectivity index (χ3n) is 1.93. The quantitative estimate of drug-likeness (QED) is 0.603. The molecule has 0 aliphatic carbocycles. The van der Waals surface area contributed by atoms with Gasteiger partial charge in [0.25, 0.3) is 0 Å². The average molecular weight is 154 g/mol. The molecule has 0 atom stereocenters. The molecule has 0 fully saturated rings. The van der Waals surface area contributed by atoms with Crippen molar-refractivity contribution in [2.24, 2.45) is 0 Å². The second-order valence-corrected chi connectivity index (χ2v) is 2.73. The topological polar surface area (TPSA) is 41.1 Å². The zero-order chi connectivity index (χ0) is 8.27. The van der Waals surface area contributed by atoms with Gasteiger partial charge < -0.3 is 10.6 Å². The number of allylic oxidation sites excluding steroid dienone is 1. The van der Waals surface area contributed by atoms with E-state index >= 15 is 0 Å². The van der Waals surface area contributed by atoms with E-state index in [4.69, 9.17) is 0 Å². The average Bonchev–Trinajstić information content (AvgIpc) is 2.29. The molecule has 0 amide bonds. The highest BCUT2D eigenvalue weighted by Gasteiger charge is 2.18. The summed E-state index contributed by atoms with van der Waals surface area (Å²) in [4.78, 5) is 11.1. The van der Waals surface area contributed by atoms with Crippen molar-refractivity contribution in [3.05, 3.63) is 11.3 Å². The van der Waals surface area contributed by atoms with Crippen LogP contribution in [0.1, 0.15) is 13.3 Å². The standard InChI is InChI=1S/C8H14N2O/c1-6-7(3-4-9-2)8(11)5-10-6/h9-10H,3-5H2,1-2H3. The highest BCUT2D eigenvalue weighted by Crippen LogP contribution is 2.12. The Balaban J connectivity index is 2.53. The molecule has 0 radical (unpaired) electrons. The molecular weight excluding hydrogens is 140 g/mol. The molecule has 0 unspecified atom stereocenters. The van der Waals surface area contributed by atoms with Crippen LogP contribution in [0.2, 0.25) is 0 Å². The van der Waals surface area contributed by atoms with Gasteiger partial charge in [0.05, 0.1) is 6.54 Å². The first-order chi connectivity index (χ1) is 5.25. The highest BCUT2D eigenvalue weighted by atomic mass is 16.1. The molecule has 0 bridgehead atoms. The van der Waals surface area contributed by atoms with Crippen LogP contribution in [0.5, 0.6) is 0 Å². The van der Waals surface area contributed by atoms with Crippen LogP contribution in [-0.4, -0.2) is 25.9 Å². The van der Waals surface area contributed by atoms with E-state index in [0.29, 0.717) is 6.54 Å². The van der Waals surface area contributed by atoms with Gasteiger partial charge in [0, 0.05) is 11.3 Å². The van der Waals surface area contributed by atoms with Crippen molar-refractivity contribution in [3.63, 3.8) is 0 Å². The molecule has 1 aliphatic heterocycles. The summed E-state index contributed by atoms with van der Waals surface area (Å²) < 4.78 is 0. The Morgan fingerprint density at radius 1 is 1.64 bits per heavy atom. The summed E-state index contributed by atoms with van der Waals surface area (Å²) in [5.74, 6) is 0.248. The molecule has 2 N–H and O–H groups in total. The second-order valence-electron chi connectivity index (χ2n) is 2.73. The van der Waals surface area contributed by atoms with Crippen molar-refractivity contribution in [1.29, 1.82) is 0 Å². The van der Waals surface area contributed by atoms with Crippen LogP contribution in [0, 0.1) is 0 Å². The van der Waals surface area contributed by atoms with Gasteiger partial charge >= 0.3 is 0 Å². The lowest BCUT2D eigenvalue weighted by Gasteiger charge is -1.99. The Hall–Kier alpha value is -0.830. The molecule has 1 heterocycles. The molecule has 0 saturated heterocycles. The lowest BCUT2D eigenvalue weighted by atomic mass is 10.1. The monoisotopic (exact) mass is 154 g/mol. The first kappa shape index (κ1) is 8.27. The third-order valence-corrected chi connectivity index (χ3v) is 1.93. The van der Waals surface area contributed by atoms with Gasteiger partial charge in [-0.05, 0) is 26.9 Å². The van der Waals surface area contributed by atoms with E-state index in [2.05, 4.69) is 10.6 Å². The van der Waals surface area contributed by atoms with E-state index < -0.39 is 0 Å². The predicted molar refractivity (Wildman–Crippen MR) is 44.3 cm³/mol. The molecule has 3 nitrogen and oxygen atoms in total. The minimum atomic E-state index is 0.248. The van der Waals surface area contributed by atoms with Gasteiger partial charge in [0.2, 0.25) is 0 Å². The molecule has 0 aromatic heterocycles. The number of Topliss-reactive ketones (excluding diaryl/α,β-unsaturated/α-hetero) is 1. The molecule has 62 valence electrons. The van der Waals surface area contributed by atoms with Crippen molar-refractivity contribution < 1.29 is 4.79 Å². The maximum Gasteiger partial charge on any atom is 0.179 e. The molecule has 11 heavy (non-hydrogen) atoms. The fourth-order valence-electron chi connectivity index (χ4n) is 1.21. The van der Waals surface area contributed by atoms with Crippen LogP contribution < -0.4 is 10.6 Å². The van der Waals surface area contributed by atoms with Crippen molar-refractivity contribution in [2.75, 3.05) is 20.1 Å². The zero-order valence-electron chi connectivity index (χ0n) is 7.03. The van der Waals surface area contributed by atoms with Crippen molar-refractivity contribution in [3.8, 4) is 0 Å². The number of ketones is 1. The predicted octanol–water partition coefficient (Wildman–Crippen LogP) is 0.0422. The van der Waals surface area contributed by atoms with Gasteiger partial charge in [0.15, 0.2) is 5.78 Å². The van der Waals surface area contributed by atoms with Crippen LogP contribution in [0.25, 0.3) is 0 Å². The summed E-state index contributed by atoms with van der Waals surface area (Å²) in [6.45, 7) is 3.32. The lowest BCUT2D eigenvalue weighted by molar-refractivity contribution is -0.114. The van der Waals surface area contributed by atoms with E-state index in [1.165, 1.54) is 0 Å². The van der Waals surface area contributed by atoms with E-state index in [1.807, 2.05) is 14.0 Å². The van der Waals surface area contributed by atoms with Crippen molar-refractivity contribution >= 4 is 5.78 Å². The number of hydrogen-bond acceptors (Lipinski definition) is 3. The first-order valence-corrected chi connectivity index (χ1v) is 3.87. The molecular formula is C8H14N2O. The largest absolute Gasteiger partial charge is 0.381 e. The van der Waals surface area contributed by atoms with Crippen LogP contribution in [0.3, 0.4) is 0 Å². The minimum absolute atomic E-state index is 0.248. The third kappa shape index (κ3) is 1.80. The zero-order valence-corrected chi connectivity index (χ0v) is 7.03. The van der Waals surface area contributed by atoms with E-state index in [-0.39, 0.29) is 5.78 Å². The summed E-state index contributed by atoms with van der Waals surface area (Å²) in [6, 6.07) is 0. The Bertz CT molecular complexity index is 196. The SMILES string of the molecule is CNCCC1=C(C)NCC1=O. The van der Waals surface area contributed by atoms with Gasteiger partial charge in [-0.2, -0.15) is 0 Å². The molecule has 1 rings (SSSR count). The number of carbonyl (C=O) groups excluding carboxylic acids is 1. The summed E-state index contributed by atoms with van der Waals surface area (Å²) in [5, 5.41) is 6.05. The number of rotatable bonds is 3. The number of nitrogens with one attached hydrogen (secondary N) is 2.